The van der Waals surface area contributed by atoms with Gasteiger partial charge in [-0.05, 0) is 13.8 Å². The van der Waals surface area contributed by atoms with Crippen LogP contribution < -0.4 is 5.32 Å². The standard InChI is InChI=1S/C16H16N4S/c1-11-8-17-10-15(19-11)18-9-14-12(2)20-16(21-14)13-6-4-3-5-7-13/h3-8,10H,9H2,1-2H3,(H,18,19). The molecule has 106 valence electrons. The van der Waals surface area contributed by atoms with Crippen molar-refractivity contribution in [3.8, 4) is 10.6 Å². The third kappa shape index (κ3) is 3.25. The molecular formula is C16H16N4S. The maximum atomic E-state index is 4.65. The predicted octanol–water partition coefficient (Wildman–Crippen LogP) is 3.83. The molecular weight excluding hydrogens is 280 g/mol. The first kappa shape index (κ1) is 13.7. The minimum absolute atomic E-state index is 0.717. The summed E-state index contributed by atoms with van der Waals surface area (Å²) < 4.78 is 0. The monoisotopic (exact) mass is 296 g/mol. The smallest absolute Gasteiger partial charge is 0.145 e. The fraction of sp³-hybridized carbons (Fsp3) is 0.188. The molecule has 0 radical (unpaired) electrons. The minimum Gasteiger partial charge on any atom is -0.364 e. The fourth-order valence-corrected chi connectivity index (χ4v) is 3.02. The molecule has 3 aromatic rings. The van der Waals surface area contributed by atoms with Crippen LogP contribution in [-0.2, 0) is 6.54 Å². The van der Waals surface area contributed by atoms with Crippen LogP contribution in [0.25, 0.3) is 10.6 Å². The van der Waals surface area contributed by atoms with Crippen LogP contribution in [0.3, 0.4) is 0 Å². The van der Waals surface area contributed by atoms with Crippen LogP contribution in [0.15, 0.2) is 42.7 Å². The van der Waals surface area contributed by atoms with E-state index in [9.17, 15) is 0 Å². The summed E-state index contributed by atoms with van der Waals surface area (Å²) in [6.07, 6.45) is 3.48. The average Bonchev–Trinajstić information content (AvgIpc) is 2.87. The quantitative estimate of drug-likeness (QED) is 0.795. The van der Waals surface area contributed by atoms with E-state index < -0.39 is 0 Å². The minimum atomic E-state index is 0.717. The second-order valence-electron chi connectivity index (χ2n) is 4.79. The van der Waals surface area contributed by atoms with Gasteiger partial charge in [-0.1, -0.05) is 30.3 Å². The normalized spacial score (nSPS) is 10.6. The lowest BCUT2D eigenvalue weighted by molar-refractivity contribution is 1.05. The summed E-state index contributed by atoms with van der Waals surface area (Å²) in [7, 11) is 0. The van der Waals surface area contributed by atoms with Crippen LogP contribution in [-0.4, -0.2) is 15.0 Å². The highest BCUT2D eigenvalue weighted by Crippen LogP contribution is 2.28. The largest absolute Gasteiger partial charge is 0.364 e. The molecule has 2 aromatic heterocycles. The van der Waals surface area contributed by atoms with Gasteiger partial charge in [-0.15, -0.1) is 11.3 Å². The first-order valence-corrected chi connectivity index (χ1v) is 7.58. The number of hydrogen-bond donors (Lipinski definition) is 1. The molecule has 0 bridgehead atoms. The van der Waals surface area contributed by atoms with Crippen molar-refractivity contribution in [2.24, 2.45) is 0 Å². The van der Waals surface area contributed by atoms with E-state index in [0.717, 1.165) is 27.8 Å². The molecule has 0 amide bonds. The zero-order valence-electron chi connectivity index (χ0n) is 12.0. The Morgan fingerprint density at radius 1 is 1.05 bits per heavy atom. The summed E-state index contributed by atoms with van der Waals surface area (Å²) in [5.41, 5.74) is 3.13. The van der Waals surface area contributed by atoms with Crippen LogP contribution in [0.1, 0.15) is 16.3 Å². The van der Waals surface area contributed by atoms with E-state index >= 15 is 0 Å². The van der Waals surface area contributed by atoms with E-state index in [1.54, 1.807) is 23.7 Å². The van der Waals surface area contributed by atoms with Crippen molar-refractivity contribution >= 4 is 17.2 Å². The number of thiazole rings is 1. The molecule has 1 aromatic carbocycles. The molecule has 4 nitrogen and oxygen atoms in total. The molecule has 0 aliphatic rings. The Morgan fingerprint density at radius 3 is 2.62 bits per heavy atom. The van der Waals surface area contributed by atoms with Crippen molar-refractivity contribution in [1.82, 2.24) is 15.0 Å². The molecule has 0 spiro atoms. The van der Waals surface area contributed by atoms with Gasteiger partial charge in [0.05, 0.1) is 24.1 Å². The van der Waals surface area contributed by atoms with Gasteiger partial charge in [-0.3, -0.25) is 4.98 Å². The van der Waals surface area contributed by atoms with Gasteiger partial charge >= 0.3 is 0 Å². The first-order valence-electron chi connectivity index (χ1n) is 6.76. The molecule has 0 atom stereocenters. The van der Waals surface area contributed by atoms with Crippen molar-refractivity contribution in [2.75, 3.05) is 5.32 Å². The molecule has 0 unspecified atom stereocenters. The van der Waals surface area contributed by atoms with Gasteiger partial charge in [-0.2, -0.15) is 0 Å². The van der Waals surface area contributed by atoms with E-state index in [2.05, 4.69) is 32.4 Å². The van der Waals surface area contributed by atoms with Crippen LogP contribution in [0, 0.1) is 13.8 Å². The van der Waals surface area contributed by atoms with Gasteiger partial charge < -0.3 is 5.32 Å². The molecule has 3 rings (SSSR count). The maximum Gasteiger partial charge on any atom is 0.145 e. The van der Waals surface area contributed by atoms with Crippen molar-refractivity contribution in [2.45, 2.75) is 20.4 Å². The molecule has 1 N–H and O–H groups in total. The molecule has 2 heterocycles. The lowest BCUT2D eigenvalue weighted by Crippen LogP contribution is -2.02. The zero-order chi connectivity index (χ0) is 14.7. The summed E-state index contributed by atoms with van der Waals surface area (Å²) in [6, 6.07) is 10.3. The Bertz CT molecular complexity index is 737. The van der Waals surface area contributed by atoms with Gasteiger partial charge in [0.25, 0.3) is 0 Å². The lowest BCUT2D eigenvalue weighted by Gasteiger charge is -2.04. The van der Waals surface area contributed by atoms with E-state index in [1.807, 2.05) is 32.0 Å². The fourth-order valence-electron chi connectivity index (χ4n) is 2.02. The van der Waals surface area contributed by atoms with Gasteiger partial charge in [0.15, 0.2) is 0 Å². The predicted molar refractivity (Wildman–Crippen MR) is 86.4 cm³/mol. The Kier molecular flexibility index (Phi) is 3.92. The molecule has 0 fully saturated rings. The number of aryl methyl sites for hydroxylation is 2. The Hall–Kier alpha value is -2.27. The molecule has 0 saturated heterocycles. The summed E-state index contributed by atoms with van der Waals surface area (Å²) in [5.74, 6) is 0.795. The van der Waals surface area contributed by atoms with Crippen molar-refractivity contribution in [3.63, 3.8) is 0 Å². The number of nitrogens with one attached hydrogen (secondary N) is 1. The van der Waals surface area contributed by atoms with E-state index in [-0.39, 0.29) is 0 Å². The van der Waals surface area contributed by atoms with Crippen LogP contribution in [0.2, 0.25) is 0 Å². The highest BCUT2D eigenvalue weighted by atomic mass is 32.1. The third-order valence-corrected chi connectivity index (χ3v) is 4.30. The average molecular weight is 296 g/mol. The first-order chi connectivity index (χ1) is 10.2. The number of anilines is 1. The van der Waals surface area contributed by atoms with Crippen LogP contribution >= 0.6 is 11.3 Å². The molecule has 0 saturated carbocycles. The zero-order valence-corrected chi connectivity index (χ0v) is 12.8. The summed E-state index contributed by atoms with van der Waals surface area (Å²) in [4.78, 5) is 14.4. The van der Waals surface area contributed by atoms with E-state index in [0.29, 0.717) is 6.54 Å². The summed E-state index contributed by atoms with van der Waals surface area (Å²) in [6.45, 7) is 4.69. The highest BCUT2D eigenvalue weighted by molar-refractivity contribution is 7.15. The molecule has 21 heavy (non-hydrogen) atoms. The van der Waals surface area contributed by atoms with Gasteiger partial charge in [0, 0.05) is 16.6 Å². The van der Waals surface area contributed by atoms with Crippen LogP contribution in [0.4, 0.5) is 5.82 Å². The lowest BCUT2D eigenvalue weighted by atomic mass is 10.2. The Labute approximate surface area is 127 Å². The second kappa shape index (κ2) is 6.01. The van der Waals surface area contributed by atoms with Crippen molar-refractivity contribution < 1.29 is 0 Å². The molecule has 5 heteroatoms. The third-order valence-electron chi connectivity index (χ3n) is 3.10. The van der Waals surface area contributed by atoms with Gasteiger partial charge in [0.2, 0.25) is 0 Å². The Balaban J connectivity index is 1.76. The SMILES string of the molecule is Cc1cncc(NCc2sc(-c3ccccc3)nc2C)n1. The number of nitrogens with zero attached hydrogens (tertiary/aromatic N) is 3. The second-order valence-corrected chi connectivity index (χ2v) is 5.88. The Morgan fingerprint density at radius 2 is 1.86 bits per heavy atom. The molecule has 0 aliphatic heterocycles. The number of aromatic nitrogens is 3. The van der Waals surface area contributed by atoms with E-state index in [4.69, 9.17) is 0 Å². The summed E-state index contributed by atoms with van der Waals surface area (Å²) >= 11 is 1.71. The highest BCUT2D eigenvalue weighted by Gasteiger charge is 2.09. The molecule has 0 aliphatic carbocycles. The number of hydrogen-bond acceptors (Lipinski definition) is 5. The number of rotatable bonds is 4. The van der Waals surface area contributed by atoms with Gasteiger partial charge in [-0.25, -0.2) is 9.97 Å². The van der Waals surface area contributed by atoms with Crippen molar-refractivity contribution in [1.29, 1.82) is 0 Å². The van der Waals surface area contributed by atoms with E-state index in [1.165, 1.54) is 4.88 Å². The number of benzene rings is 1. The van der Waals surface area contributed by atoms with Gasteiger partial charge in [0.1, 0.15) is 10.8 Å². The maximum absolute atomic E-state index is 4.65. The van der Waals surface area contributed by atoms with Crippen molar-refractivity contribution in [3.05, 3.63) is 59.0 Å². The topological polar surface area (TPSA) is 50.7 Å². The summed E-state index contributed by atoms with van der Waals surface area (Å²) in [5, 5.41) is 4.36. The van der Waals surface area contributed by atoms with Crippen LogP contribution in [0.5, 0.6) is 0 Å².